The van der Waals surface area contributed by atoms with E-state index in [4.69, 9.17) is 10.5 Å². The Bertz CT molecular complexity index is 588. The number of likely N-dealkylation sites (tertiary alicyclic amines) is 1. The van der Waals surface area contributed by atoms with Crippen LogP contribution in [0.15, 0.2) is 12.1 Å². The standard InChI is InChI=1S/C23H40N4O/c1-3-12-26(13-4-2)20-17-22(24)25-23(18-20)28-16-15-27-14-8-7-10-19-9-5-6-11-21(19)27/h17-19,21H,3-16H2,1-2H3,(H2,24,25). The Balaban J connectivity index is 1.59. The summed E-state index contributed by atoms with van der Waals surface area (Å²) in [5.74, 6) is 2.12. The lowest BCUT2D eigenvalue weighted by Gasteiger charge is -2.38. The summed E-state index contributed by atoms with van der Waals surface area (Å²) in [6, 6.07) is 4.81. The fraction of sp³-hybridized carbons (Fsp3) is 0.783. The molecule has 0 amide bonds. The molecule has 2 fully saturated rings. The van der Waals surface area contributed by atoms with Gasteiger partial charge >= 0.3 is 0 Å². The molecule has 0 radical (unpaired) electrons. The Morgan fingerprint density at radius 1 is 1.07 bits per heavy atom. The van der Waals surface area contributed by atoms with Crippen molar-refractivity contribution in [3.8, 4) is 5.88 Å². The van der Waals surface area contributed by atoms with Gasteiger partial charge in [-0.2, -0.15) is 4.98 Å². The average Bonchev–Trinajstić information content (AvgIpc) is 2.90. The molecule has 28 heavy (non-hydrogen) atoms. The monoisotopic (exact) mass is 388 g/mol. The highest BCUT2D eigenvalue weighted by molar-refractivity contribution is 5.55. The summed E-state index contributed by atoms with van der Waals surface area (Å²) in [6.07, 6.45) is 12.0. The quantitative estimate of drug-likeness (QED) is 0.664. The SMILES string of the molecule is CCCN(CCC)c1cc(N)nc(OCCN2CCCCC3CCCCC32)c1. The van der Waals surface area contributed by atoms with E-state index in [1.54, 1.807) is 0 Å². The van der Waals surface area contributed by atoms with E-state index in [2.05, 4.69) is 34.7 Å². The number of rotatable bonds is 9. The van der Waals surface area contributed by atoms with Crippen molar-refractivity contribution in [1.29, 1.82) is 0 Å². The van der Waals surface area contributed by atoms with Gasteiger partial charge in [-0.3, -0.25) is 4.90 Å². The van der Waals surface area contributed by atoms with Crippen LogP contribution in [0.2, 0.25) is 0 Å². The number of aromatic nitrogens is 1. The van der Waals surface area contributed by atoms with Gasteiger partial charge in [-0.1, -0.05) is 33.1 Å². The van der Waals surface area contributed by atoms with Crippen molar-refractivity contribution in [2.75, 3.05) is 43.4 Å². The number of nitrogens with two attached hydrogens (primary N) is 1. The highest BCUT2D eigenvalue weighted by Crippen LogP contribution is 2.34. The van der Waals surface area contributed by atoms with Crippen molar-refractivity contribution in [2.45, 2.75) is 77.7 Å². The van der Waals surface area contributed by atoms with E-state index < -0.39 is 0 Å². The van der Waals surface area contributed by atoms with Gasteiger partial charge in [-0.25, -0.2) is 0 Å². The normalized spacial score (nSPS) is 23.1. The first-order valence-corrected chi connectivity index (χ1v) is 11.6. The van der Waals surface area contributed by atoms with Gasteiger partial charge in [-0.15, -0.1) is 0 Å². The van der Waals surface area contributed by atoms with Crippen LogP contribution in [0.3, 0.4) is 0 Å². The maximum Gasteiger partial charge on any atom is 0.217 e. The van der Waals surface area contributed by atoms with Crippen molar-refractivity contribution in [1.82, 2.24) is 9.88 Å². The highest BCUT2D eigenvalue weighted by Gasteiger charge is 2.31. The number of anilines is 2. The molecule has 2 atom stereocenters. The van der Waals surface area contributed by atoms with Gasteiger partial charge in [-0.05, 0) is 51.0 Å². The summed E-state index contributed by atoms with van der Waals surface area (Å²) in [7, 11) is 0. The van der Waals surface area contributed by atoms with Crippen LogP contribution in [0.1, 0.15) is 71.6 Å². The summed E-state index contributed by atoms with van der Waals surface area (Å²) >= 11 is 0. The van der Waals surface area contributed by atoms with Gasteiger partial charge in [0.05, 0.1) is 0 Å². The third-order valence-electron chi connectivity index (χ3n) is 6.40. The van der Waals surface area contributed by atoms with Crippen molar-refractivity contribution < 1.29 is 4.74 Å². The molecule has 0 bridgehead atoms. The number of nitrogen functional groups attached to an aromatic ring is 1. The molecule has 2 heterocycles. The van der Waals surface area contributed by atoms with Gasteiger partial charge in [0, 0.05) is 43.5 Å². The van der Waals surface area contributed by atoms with Crippen LogP contribution in [0, 0.1) is 5.92 Å². The number of ether oxygens (including phenoxy) is 1. The third-order valence-corrected chi connectivity index (χ3v) is 6.40. The Kier molecular flexibility index (Phi) is 8.26. The first-order valence-electron chi connectivity index (χ1n) is 11.6. The molecule has 1 aromatic rings. The maximum atomic E-state index is 6.10. The minimum atomic E-state index is 0.548. The molecule has 5 heteroatoms. The van der Waals surface area contributed by atoms with Crippen molar-refractivity contribution >= 4 is 11.5 Å². The Morgan fingerprint density at radius 3 is 2.54 bits per heavy atom. The van der Waals surface area contributed by atoms with Gasteiger partial charge < -0.3 is 15.4 Å². The zero-order chi connectivity index (χ0) is 19.8. The lowest BCUT2D eigenvalue weighted by Crippen LogP contribution is -2.43. The van der Waals surface area contributed by atoms with E-state index in [1.807, 2.05) is 6.07 Å². The molecule has 1 saturated heterocycles. The second-order valence-corrected chi connectivity index (χ2v) is 8.57. The zero-order valence-electron chi connectivity index (χ0n) is 18.0. The van der Waals surface area contributed by atoms with E-state index in [1.165, 1.54) is 51.5 Å². The molecule has 1 aromatic heterocycles. The van der Waals surface area contributed by atoms with Gasteiger partial charge in [0.1, 0.15) is 12.4 Å². The minimum absolute atomic E-state index is 0.548. The molecule has 5 nitrogen and oxygen atoms in total. The Labute approximate surface area is 171 Å². The van der Waals surface area contributed by atoms with Gasteiger partial charge in [0.25, 0.3) is 0 Å². The number of hydrogen-bond acceptors (Lipinski definition) is 5. The molecule has 2 aliphatic rings. The summed E-state index contributed by atoms with van der Waals surface area (Å²) in [5.41, 5.74) is 7.22. The molecular weight excluding hydrogens is 348 g/mol. The van der Waals surface area contributed by atoms with Crippen LogP contribution >= 0.6 is 0 Å². The molecule has 1 aliphatic heterocycles. The molecule has 2 N–H and O–H groups in total. The fourth-order valence-corrected chi connectivity index (χ4v) is 5.12. The van der Waals surface area contributed by atoms with Crippen molar-refractivity contribution in [2.24, 2.45) is 5.92 Å². The Morgan fingerprint density at radius 2 is 1.79 bits per heavy atom. The third kappa shape index (κ3) is 5.76. The number of nitrogens with zero attached hydrogens (tertiary/aromatic N) is 3. The first kappa shape index (κ1) is 21.2. The molecule has 0 aromatic carbocycles. The Hall–Kier alpha value is -1.49. The van der Waals surface area contributed by atoms with E-state index in [9.17, 15) is 0 Å². The van der Waals surface area contributed by atoms with E-state index in [-0.39, 0.29) is 0 Å². The number of hydrogen-bond donors (Lipinski definition) is 1. The smallest absolute Gasteiger partial charge is 0.217 e. The van der Waals surface area contributed by atoms with Crippen molar-refractivity contribution in [3.63, 3.8) is 0 Å². The van der Waals surface area contributed by atoms with Gasteiger partial charge in [0.15, 0.2) is 0 Å². The van der Waals surface area contributed by atoms with Gasteiger partial charge in [0.2, 0.25) is 5.88 Å². The summed E-state index contributed by atoms with van der Waals surface area (Å²) in [5, 5.41) is 0. The average molecular weight is 389 g/mol. The van der Waals surface area contributed by atoms with Crippen LogP contribution in [0.5, 0.6) is 5.88 Å². The topological polar surface area (TPSA) is 54.6 Å². The summed E-state index contributed by atoms with van der Waals surface area (Å²) in [4.78, 5) is 9.51. The largest absolute Gasteiger partial charge is 0.476 e. The lowest BCUT2D eigenvalue weighted by molar-refractivity contribution is 0.0983. The van der Waals surface area contributed by atoms with Crippen LogP contribution in [0.25, 0.3) is 0 Å². The van der Waals surface area contributed by atoms with Crippen molar-refractivity contribution in [3.05, 3.63) is 12.1 Å². The molecule has 158 valence electrons. The predicted molar refractivity (Wildman–Crippen MR) is 118 cm³/mol. The fourth-order valence-electron chi connectivity index (χ4n) is 5.12. The van der Waals surface area contributed by atoms with Crippen LogP contribution in [-0.4, -0.2) is 48.7 Å². The molecule has 0 spiro atoms. The number of pyridine rings is 1. The summed E-state index contributed by atoms with van der Waals surface area (Å²) in [6.45, 7) is 9.41. The van der Waals surface area contributed by atoms with Crippen LogP contribution in [-0.2, 0) is 0 Å². The lowest BCUT2D eigenvalue weighted by atomic mass is 9.82. The van der Waals surface area contributed by atoms with E-state index in [0.717, 1.165) is 50.1 Å². The molecule has 2 unspecified atom stereocenters. The maximum absolute atomic E-state index is 6.10. The predicted octanol–water partition coefficient (Wildman–Crippen LogP) is 4.71. The number of fused-ring (bicyclic) bond motifs is 1. The highest BCUT2D eigenvalue weighted by atomic mass is 16.5. The molecular formula is C23H40N4O. The molecule has 3 rings (SSSR count). The summed E-state index contributed by atoms with van der Waals surface area (Å²) < 4.78 is 6.10. The molecule has 1 aliphatic carbocycles. The molecule has 1 saturated carbocycles. The second kappa shape index (κ2) is 10.9. The van der Waals surface area contributed by atoms with E-state index >= 15 is 0 Å². The van der Waals surface area contributed by atoms with Crippen LogP contribution in [0.4, 0.5) is 11.5 Å². The first-order chi connectivity index (χ1) is 13.7. The van der Waals surface area contributed by atoms with Crippen LogP contribution < -0.4 is 15.4 Å². The minimum Gasteiger partial charge on any atom is -0.476 e. The zero-order valence-corrected chi connectivity index (χ0v) is 18.0. The second-order valence-electron chi connectivity index (χ2n) is 8.57. The van der Waals surface area contributed by atoms with E-state index in [0.29, 0.717) is 18.3 Å².